The van der Waals surface area contributed by atoms with Gasteiger partial charge in [0.15, 0.2) is 0 Å². The number of pyridine rings is 2. The van der Waals surface area contributed by atoms with E-state index in [0.717, 1.165) is 68.6 Å². The van der Waals surface area contributed by atoms with Gasteiger partial charge in [0.05, 0.1) is 0 Å². The van der Waals surface area contributed by atoms with Gasteiger partial charge in [-0.2, -0.15) is 4.73 Å². The van der Waals surface area contributed by atoms with Crippen LogP contribution in [0, 0.1) is 12.7 Å². The second-order valence-electron chi connectivity index (χ2n) is 8.94. The van der Waals surface area contributed by atoms with Crippen molar-refractivity contribution in [2.45, 2.75) is 40.5 Å². The average Bonchev–Trinajstić information content (AvgIpc) is 2.87. The maximum Gasteiger partial charge on any atom is 0.309 e. The second kappa shape index (κ2) is 12.6. The fourth-order valence-corrected chi connectivity index (χ4v) is 4.47. The number of fused-ring (bicyclic) bond motifs is 1. The van der Waals surface area contributed by atoms with Crippen LogP contribution in [-0.2, 0) is 6.42 Å². The molecular formula is C28H37FN4O2. The van der Waals surface area contributed by atoms with E-state index in [2.05, 4.69) is 34.7 Å². The van der Waals surface area contributed by atoms with Crippen LogP contribution in [0.15, 0.2) is 53.6 Å². The van der Waals surface area contributed by atoms with Crippen LogP contribution in [0.25, 0.3) is 16.5 Å². The molecular weight excluding hydrogens is 443 g/mol. The van der Waals surface area contributed by atoms with E-state index in [1.165, 1.54) is 29.5 Å². The van der Waals surface area contributed by atoms with Gasteiger partial charge in [0.2, 0.25) is 0 Å². The molecule has 6 nitrogen and oxygen atoms in total. The molecule has 3 aromatic rings. The number of aryl methyl sites for hydroxylation is 2. The Labute approximate surface area is 207 Å². The number of allylic oxidation sites excluding steroid dienone is 1. The van der Waals surface area contributed by atoms with Gasteiger partial charge in [-0.3, -0.25) is 9.69 Å². The first-order valence-corrected chi connectivity index (χ1v) is 12.4. The van der Waals surface area contributed by atoms with Crippen molar-refractivity contribution in [3.8, 4) is 0 Å². The molecule has 3 heterocycles. The molecule has 4 rings (SSSR count). The third kappa shape index (κ3) is 6.77. The van der Waals surface area contributed by atoms with Crippen molar-refractivity contribution in [3.63, 3.8) is 0 Å². The van der Waals surface area contributed by atoms with E-state index in [-0.39, 0.29) is 5.82 Å². The molecule has 1 aliphatic heterocycles. The standard InChI is InChI=1S/C19H26N4O2.C9H11F/c1-4-15(13-22-10-8-21(5-2)9-11-22)17-14(3)12-20-18-16(17)6-7-23(25)19(18)24;1-2-3-8-4-6-9(10)7-5-8/h4,6-7,12,25H,5,8-11,13H2,1-3H3;4-7H,2-3H2,1H3/b15-4-;. The third-order valence-corrected chi connectivity index (χ3v) is 6.53. The van der Waals surface area contributed by atoms with Crippen molar-refractivity contribution in [2.75, 3.05) is 39.3 Å². The van der Waals surface area contributed by atoms with E-state index >= 15 is 0 Å². The zero-order chi connectivity index (χ0) is 25.4. The van der Waals surface area contributed by atoms with E-state index < -0.39 is 5.56 Å². The van der Waals surface area contributed by atoms with E-state index in [1.807, 2.05) is 26.0 Å². The molecule has 0 bridgehead atoms. The van der Waals surface area contributed by atoms with E-state index in [0.29, 0.717) is 10.2 Å². The van der Waals surface area contributed by atoms with Gasteiger partial charge in [0.1, 0.15) is 11.3 Å². The number of nitrogens with zero attached hydrogens (tertiary/aromatic N) is 4. The van der Waals surface area contributed by atoms with Crippen LogP contribution < -0.4 is 5.56 Å². The molecule has 188 valence electrons. The maximum atomic E-state index is 12.3. The van der Waals surface area contributed by atoms with Crippen molar-refractivity contribution in [3.05, 3.63) is 81.7 Å². The van der Waals surface area contributed by atoms with E-state index in [1.54, 1.807) is 12.3 Å². The Kier molecular flexibility index (Phi) is 9.57. The van der Waals surface area contributed by atoms with Gasteiger partial charge in [-0.05, 0) is 67.3 Å². The Morgan fingerprint density at radius 3 is 2.34 bits per heavy atom. The summed E-state index contributed by atoms with van der Waals surface area (Å²) in [5.41, 5.74) is 4.34. The summed E-state index contributed by atoms with van der Waals surface area (Å²) < 4.78 is 12.9. The highest BCUT2D eigenvalue weighted by molar-refractivity contribution is 5.92. The Morgan fingerprint density at radius 2 is 1.74 bits per heavy atom. The first kappa shape index (κ1) is 26.6. The lowest BCUT2D eigenvalue weighted by Gasteiger charge is -2.34. The highest BCUT2D eigenvalue weighted by atomic mass is 19.1. The molecule has 0 spiro atoms. The molecule has 1 aromatic carbocycles. The molecule has 1 N–H and O–H groups in total. The molecule has 1 saturated heterocycles. The summed E-state index contributed by atoms with van der Waals surface area (Å²) in [6, 6.07) is 8.44. The highest BCUT2D eigenvalue weighted by Crippen LogP contribution is 2.27. The first-order valence-electron chi connectivity index (χ1n) is 12.4. The lowest BCUT2D eigenvalue weighted by molar-refractivity contribution is 0.150. The molecule has 0 radical (unpaired) electrons. The molecule has 0 atom stereocenters. The molecule has 0 amide bonds. The number of benzene rings is 1. The van der Waals surface area contributed by atoms with Crippen molar-refractivity contribution < 1.29 is 9.60 Å². The van der Waals surface area contributed by atoms with Crippen molar-refractivity contribution in [2.24, 2.45) is 0 Å². The molecule has 0 saturated carbocycles. The topological polar surface area (TPSA) is 61.6 Å². The quantitative estimate of drug-likeness (QED) is 0.516. The average molecular weight is 481 g/mol. The Balaban J connectivity index is 0.000000287. The van der Waals surface area contributed by atoms with Crippen LogP contribution in [0.3, 0.4) is 0 Å². The van der Waals surface area contributed by atoms with Gasteiger partial charge < -0.3 is 10.1 Å². The van der Waals surface area contributed by atoms with Gasteiger partial charge in [0, 0.05) is 50.5 Å². The van der Waals surface area contributed by atoms with Gasteiger partial charge in [0.25, 0.3) is 0 Å². The lowest BCUT2D eigenvalue weighted by Crippen LogP contribution is -2.46. The predicted octanol–water partition coefficient (Wildman–Crippen LogP) is 4.76. The van der Waals surface area contributed by atoms with Crippen LogP contribution >= 0.6 is 0 Å². The smallest absolute Gasteiger partial charge is 0.309 e. The number of piperazine rings is 1. The largest absolute Gasteiger partial charge is 0.425 e. The summed E-state index contributed by atoms with van der Waals surface area (Å²) in [4.78, 5) is 21.3. The van der Waals surface area contributed by atoms with Gasteiger partial charge in [-0.25, -0.2) is 9.37 Å². The summed E-state index contributed by atoms with van der Waals surface area (Å²) >= 11 is 0. The number of hydrogen-bond acceptors (Lipinski definition) is 5. The highest BCUT2D eigenvalue weighted by Gasteiger charge is 2.19. The molecule has 2 aromatic heterocycles. The maximum absolute atomic E-state index is 12.3. The zero-order valence-corrected chi connectivity index (χ0v) is 21.3. The van der Waals surface area contributed by atoms with E-state index in [4.69, 9.17) is 0 Å². The summed E-state index contributed by atoms with van der Waals surface area (Å²) in [6.45, 7) is 14.6. The van der Waals surface area contributed by atoms with Crippen molar-refractivity contribution in [1.82, 2.24) is 19.5 Å². The number of halogens is 1. The molecule has 1 aliphatic rings. The van der Waals surface area contributed by atoms with Gasteiger partial charge in [-0.1, -0.05) is 38.5 Å². The van der Waals surface area contributed by atoms with E-state index in [9.17, 15) is 14.4 Å². The number of aromatic nitrogens is 2. The Bertz CT molecular complexity index is 1200. The summed E-state index contributed by atoms with van der Waals surface area (Å²) in [5, 5.41) is 10.4. The number of hydrogen-bond donors (Lipinski definition) is 1. The SMILES string of the molecule is C/C=C(/CN1CCN(CC)CC1)c1c(C)cnc2c(=O)n(O)ccc12.CCCc1ccc(F)cc1. The van der Waals surface area contributed by atoms with Crippen molar-refractivity contribution in [1.29, 1.82) is 0 Å². The number of likely N-dealkylation sites (N-methyl/N-ethyl adjacent to an activating group) is 1. The molecule has 0 aliphatic carbocycles. The minimum absolute atomic E-state index is 0.153. The normalized spacial score (nSPS) is 15.2. The fourth-order valence-electron chi connectivity index (χ4n) is 4.47. The minimum atomic E-state index is -0.481. The Morgan fingerprint density at radius 1 is 1.09 bits per heavy atom. The fraction of sp³-hybridized carbons (Fsp3) is 0.429. The molecule has 35 heavy (non-hydrogen) atoms. The Hall–Kier alpha value is -3.03. The zero-order valence-electron chi connectivity index (χ0n) is 21.3. The van der Waals surface area contributed by atoms with Crippen LogP contribution in [0.4, 0.5) is 4.39 Å². The molecule has 7 heteroatoms. The van der Waals surface area contributed by atoms with Crippen molar-refractivity contribution >= 4 is 16.5 Å². The first-order chi connectivity index (χ1) is 16.9. The van der Waals surface area contributed by atoms with Gasteiger partial charge >= 0.3 is 5.56 Å². The van der Waals surface area contributed by atoms with Crippen LogP contribution in [0.5, 0.6) is 0 Å². The predicted molar refractivity (Wildman–Crippen MR) is 141 cm³/mol. The third-order valence-electron chi connectivity index (χ3n) is 6.53. The van der Waals surface area contributed by atoms with Crippen LogP contribution in [0.1, 0.15) is 43.9 Å². The monoisotopic (exact) mass is 480 g/mol. The van der Waals surface area contributed by atoms with Crippen LogP contribution in [-0.4, -0.2) is 64.0 Å². The molecule has 1 fully saturated rings. The summed E-state index contributed by atoms with van der Waals surface area (Å²) in [6.07, 6.45) is 7.39. The lowest BCUT2D eigenvalue weighted by atomic mass is 9.97. The van der Waals surface area contributed by atoms with Crippen LogP contribution in [0.2, 0.25) is 0 Å². The van der Waals surface area contributed by atoms with Gasteiger partial charge in [-0.15, -0.1) is 0 Å². The summed E-state index contributed by atoms with van der Waals surface area (Å²) in [7, 11) is 0. The second-order valence-corrected chi connectivity index (χ2v) is 8.94. The summed E-state index contributed by atoms with van der Waals surface area (Å²) in [5.74, 6) is -0.153. The molecule has 0 unspecified atom stereocenters. The number of rotatable bonds is 6. The minimum Gasteiger partial charge on any atom is -0.425 e.